The fraction of sp³-hybridized carbons (Fsp3) is 0.824. The van der Waals surface area contributed by atoms with Gasteiger partial charge in [-0.2, -0.15) is 0 Å². The largest absolute Gasteiger partial charge is 0.368 e. The molecular weight excluding hydrogens is 250 g/mol. The third-order valence-corrected chi connectivity index (χ3v) is 4.65. The molecule has 3 heteroatoms. The normalized spacial score (nSPS) is 23.8. The SMILES string of the molecule is C#CCOCC1CCCN(C(=O)CCC2CCCC2)C1. The molecule has 2 fully saturated rings. The lowest BCUT2D eigenvalue weighted by atomic mass is 9.97. The van der Waals surface area contributed by atoms with Crippen molar-refractivity contribution in [2.45, 2.75) is 51.4 Å². The molecule has 1 atom stereocenters. The number of hydrogen-bond acceptors (Lipinski definition) is 2. The molecule has 0 aromatic carbocycles. The Morgan fingerprint density at radius 3 is 2.70 bits per heavy atom. The van der Waals surface area contributed by atoms with E-state index in [0.717, 1.165) is 44.7 Å². The number of rotatable bonds is 6. The van der Waals surface area contributed by atoms with Crippen molar-refractivity contribution >= 4 is 5.91 Å². The molecule has 0 bridgehead atoms. The molecule has 1 heterocycles. The van der Waals surface area contributed by atoms with Crippen molar-refractivity contribution < 1.29 is 9.53 Å². The van der Waals surface area contributed by atoms with Gasteiger partial charge in [-0.05, 0) is 31.1 Å². The van der Waals surface area contributed by atoms with Crippen LogP contribution in [0, 0.1) is 24.2 Å². The van der Waals surface area contributed by atoms with E-state index in [9.17, 15) is 4.79 Å². The summed E-state index contributed by atoms with van der Waals surface area (Å²) >= 11 is 0. The van der Waals surface area contributed by atoms with E-state index in [1.54, 1.807) is 0 Å². The molecule has 1 unspecified atom stereocenters. The van der Waals surface area contributed by atoms with Crippen molar-refractivity contribution in [2.24, 2.45) is 11.8 Å². The first-order valence-electron chi connectivity index (χ1n) is 8.08. The lowest BCUT2D eigenvalue weighted by molar-refractivity contribution is -0.133. The lowest BCUT2D eigenvalue weighted by Gasteiger charge is -2.32. The third-order valence-electron chi connectivity index (χ3n) is 4.65. The minimum Gasteiger partial charge on any atom is -0.368 e. The van der Waals surface area contributed by atoms with Gasteiger partial charge in [0.25, 0.3) is 0 Å². The molecule has 2 rings (SSSR count). The van der Waals surface area contributed by atoms with Gasteiger partial charge in [-0.15, -0.1) is 6.42 Å². The molecule has 0 aromatic heterocycles. The number of ether oxygens (including phenoxy) is 1. The highest BCUT2D eigenvalue weighted by Crippen LogP contribution is 2.29. The Hall–Kier alpha value is -1.01. The number of likely N-dealkylation sites (tertiary alicyclic amines) is 1. The van der Waals surface area contributed by atoms with Crippen LogP contribution in [0.5, 0.6) is 0 Å². The molecule has 1 saturated heterocycles. The molecule has 0 radical (unpaired) electrons. The summed E-state index contributed by atoms with van der Waals surface area (Å²) in [6.45, 7) is 2.85. The standard InChI is InChI=1S/C17H27NO2/c1-2-12-20-14-16-8-5-11-18(13-16)17(19)10-9-15-6-3-4-7-15/h1,15-16H,3-14H2. The van der Waals surface area contributed by atoms with E-state index in [1.807, 2.05) is 4.90 Å². The van der Waals surface area contributed by atoms with Gasteiger partial charge in [0.05, 0.1) is 6.61 Å². The Balaban J connectivity index is 1.67. The minimum absolute atomic E-state index is 0.346. The first kappa shape index (κ1) is 15.4. The van der Waals surface area contributed by atoms with Crippen LogP contribution in [0.4, 0.5) is 0 Å². The number of terminal acetylenes is 1. The van der Waals surface area contributed by atoms with Gasteiger partial charge in [-0.3, -0.25) is 4.79 Å². The van der Waals surface area contributed by atoms with Crippen LogP contribution < -0.4 is 0 Å². The van der Waals surface area contributed by atoms with E-state index in [-0.39, 0.29) is 0 Å². The second kappa shape index (κ2) is 8.32. The summed E-state index contributed by atoms with van der Waals surface area (Å²) in [5, 5.41) is 0. The van der Waals surface area contributed by atoms with Crippen LogP contribution in [0.1, 0.15) is 51.4 Å². The summed E-state index contributed by atoms with van der Waals surface area (Å²) in [6, 6.07) is 0. The van der Waals surface area contributed by atoms with Gasteiger partial charge in [0.15, 0.2) is 0 Å². The highest BCUT2D eigenvalue weighted by Gasteiger charge is 2.24. The second-order valence-electron chi connectivity index (χ2n) is 6.26. The van der Waals surface area contributed by atoms with Gasteiger partial charge in [0, 0.05) is 19.5 Å². The van der Waals surface area contributed by atoms with Gasteiger partial charge in [0.1, 0.15) is 6.61 Å². The van der Waals surface area contributed by atoms with Crippen LogP contribution >= 0.6 is 0 Å². The third kappa shape index (κ3) is 4.83. The first-order valence-corrected chi connectivity index (χ1v) is 8.08. The lowest BCUT2D eigenvalue weighted by Crippen LogP contribution is -2.41. The molecule has 1 aliphatic carbocycles. The fourth-order valence-electron chi connectivity index (χ4n) is 3.50. The van der Waals surface area contributed by atoms with E-state index in [0.29, 0.717) is 25.0 Å². The molecule has 1 saturated carbocycles. The van der Waals surface area contributed by atoms with E-state index < -0.39 is 0 Å². The van der Waals surface area contributed by atoms with Crippen molar-refractivity contribution in [1.29, 1.82) is 0 Å². The highest BCUT2D eigenvalue weighted by molar-refractivity contribution is 5.76. The monoisotopic (exact) mass is 277 g/mol. The zero-order valence-corrected chi connectivity index (χ0v) is 12.5. The van der Waals surface area contributed by atoms with Crippen molar-refractivity contribution in [2.75, 3.05) is 26.3 Å². The number of nitrogens with zero attached hydrogens (tertiary/aromatic N) is 1. The van der Waals surface area contributed by atoms with E-state index in [4.69, 9.17) is 11.2 Å². The Labute approximate surface area is 123 Å². The van der Waals surface area contributed by atoms with E-state index >= 15 is 0 Å². The zero-order valence-electron chi connectivity index (χ0n) is 12.5. The second-order valence-corrected chi connectivity index (χ2v) is 6.26. The maximum atomic E-state index is 12.3. The Morgan fingerprint density at radius 2 is 1.95 bits per heavy atom. The van der Waals surface area contributed by atoms with Crippen molar-refractivity contribution in [1.82, 2.24) is 4.90 Å². The average molecular weight is 277 g/mol. The molecular formula is C17H27NO2. The van der Waals surface area contributed by atoms with Crippen molar-refractivity contribution in [3.05, 3.63) is 0 Å². The van der Waals surface area contributed by atoms with Gasteiger partial charge >= 0.3 is 0 Å². The van der Waals surface area contributed by atoms with Crippen LogP contribution in [0.3, 0.4) is 0 Å². The van der Waals surface area contributed by atoms with Gasteiger partial charge in [-0.25, -0.2) is 0 Å². The highest BCUT2D eigenvalue weighted by atomic mass is 16.5. The number of hydrogen-bond donors (Lipinski definition) is 0. The smallest absolute Gasteiger partial charge is 0.222 e. The summed E-state index contributed by atoms with van der Waals surface area (Å²) in [4.78, 5) is 14.3. The Kier molecular flexibility index (Phi) is 6.39. The molecule has 0 N–H and O–H groups in total. The minimum atomic E-state index is 0.346. The zero-order chi connectivity index (χ0) is 14.2. The van der Waals surface area contributed by atoms with Gasteiger partial charge < -0.3 is 9.64 Å². The number of piperidine rings is 1. The Bertz CT molecular complexity index is 341. The van der Waals surface area contributed by atoms with Crippen LogP contribution in [-0.4, -0.2) is 37.1 Å². The van der Waals surface area contributed by atoms with Gasteiger partial charge in [-0.1, -0.05) is 31.6 Å². The summed E-state index contributed by atoms with van der Waals surface area (Å²) in [5.41, 5.74) is 0. The van der Waals surface area contributed by atoms with Crippen LogP contribution in [0.15, 0.2) is 0 Å². The topological polar surface area (TPSA) is 29.5 Å². The van der Waals surface area contributed by atoms with E-state index in [2.05, 4.69) is 5.92 Å². The Morgan fingerprint density at radius 1 is 1.20 bits per heavy atom. The predicted octanol–water partition coefficient (Wildman–Crippen LogP) is 2.85. The molecule has 3 nitrogen and oxygen atoms in total. The number of carbonyl (C=O) groups excluding carboxylic acids is 1. The molecule has 20 heavy (non-hydrogen) atoms. The van der Waals surface area contributed by atoms with Crippen LogP contribution in [0.25, 0.3) is 0 Å². The fourth-order valence-corrected chi connectivity index (χ4v) is 3.50. The molecule has 112 valence electrons. The predicted molar refractivity (Wildman–Crippen MR) is 80.1 cm³/mol. The van der Waals surface area contributed by atoms with Crippen LogP contribution in [-0.2, 0) is 9.53 Å². The summed E-state index contributed by atoms with van der Waals surface area (Å²) in [7, 11) is 0. The molecule has 2 aliphatic rings. The number of carbonyl (C=O) groups is 1. The molecule has 1 amide bonds. The summed E-state index contributed by atoms with van der Waals surface area (Å²) in [6.07, 6.45) is 14.6. The summed E-state index contributed by atoms with van der Waals surface area (Å²) in [5.74, 6) is 4.11. The van der Waals surface area contributed by atoms with Crippen LogP contribution in [0.2, 0.25) is 0 Å². The first-order chi connectivity index (χ1) is 9.79. The quantitative estimate of drug-likeness (QED) is 0.552. The number of amides is 1. The maximum absolute atomic E-state index is 12.3. The molecule has 0 aromatic rings. The average Bonchev–Trinajstić information content (AvgIpc) is 2.99. The maximum Gasteiger partial charge on any atom is 0.222 e. The molecule has 0 spiro atoms. The van der Waals surface area contributed by atoms with Gasteiger partial charge in [0.2, 0.25) is 5.91 Å². The van der Waals surface area contributed by atoms with Crippen molar-refractivity contribution in [3.8, 4) is 12.3 Å². The summed E-state index contributed by atoms with van der Waals surface area (Å²) < 4.78 is 5.42. The van der Waals surface area contributed by atoms with E-state index in [1.165, 1.54) is 25.7 Å². The molecule has 1 aliphatic heterocycles. The van der Waals surface area contributed by atoms with Crippen molar-refractivity contribution in [3.63, 3.8) is 0 Å².